The highest BCUT2D eigenvalue weighted by atomic mass is 35.5. The van der Waals surface area contributed by atoms with E-state index in [2.05, 4.69) is 25.1 Å². The highest BCUT2D eigenvalue weighted by molar-refractivity contribution is 7.92. The van der Waals surface area contributed by atoms with Crippen LogP contribution in [0.15, 0.2) is 53.7 Å². The van der Waals surface area contributed by atoms with Crippen LogP contribution in [-0.2, 0) is 14.8 Å². The summed E-state index contributed by atoms with van der Waals surface area (Å²) in [5, 5.41) is 6.59. The number of aromatic nitrogens is 4. The minimum atomic E-state index is -4.17. The number of amides is 1. The molecule has 1 amide bonds. The number of nitrogens with one attached hydrogen (secondary N) is 2. The minimum absolute atomic E-state index is 0.0176. The lowest BCUT2D eigenvalue weighted by Crippen LogP contribution is -2.14. The second kappa shape index (κ2) is 8.34. The molecule has 1 aromatic carbocycles. The second-order valence-electron chi connectivity index (χ2n) is 6.57. The fourth-order valence-electron chi connectivity index (χ4n) is 2.83. The maximum atomic E-state index is 13.3. The number of rotatable bonds is 5. The average Bonchev–Trinajstić information content (AvgIpc) is 3.09. The van der Waals surface area contributed by atoms with Crippen molar-refractivity contribution in [1.82, 2.24) is 19.6 Å². The Labute approximate surface area is 191 Å². The van der Waals surface area contributed by atoms with Crippen LogP contribution in [0, 0.1) is 5.82 Å². The van der Waals surface area contributed by atoms with Gasteiger partial charge in [0.1, 0.15) is 10.7 Å². The monoisotopic (exact) mass is 494 g/mol. The van der Waals surface area contributed by atoms with Gasteiger partial charge in [0, 0.05) is 18.7 Å². The maximum absolute atomic E-state index is 13.3. The number of imidazole rings is 1. The lowest BCUT2D eigenvalue weighted by Gasteiger charge is -2.12. The molecule has 13 heteroatoms. The summed E-state index contributed by atoms with van der Waals surface area (Å²) in [4.78, 5) is 19.1. The summed E-state index contributed by atoms with van der Waals surface area (Å²) in [5.41, 5.74) is 1.37. The van der Waals surface area contributed by atoms with Gasteiger partial charge in [-0.05, 0) is 36.4 Å². The van der Waals surface area contributed by atoms with Crippen LogP contribution < -0.4 is 10.0 Å². The first-order chi connectivity index (χ1) is 15.1. The van der Waals surface area contributed by atoms with Crippen molar-refractivity contribution >= 4 is 56.3 Å². The van der Waals surface area contributed by atoms with Gasteiger partial charge in [-0.3, -0.25) is 9.52 Å². The molecule has 0 fully saturated rings. The van der Waals surface area contributed by atoms with Crippen LogP contribution in [0.25, 0.3) is 16.9 Å². The second-order valence-corrected chi connectivity index (χ2v) is 8.99. The fourth-order valence-corrected chi connectivity index (χ4v) is 4.63. The van der Waals surface area contributed by atoms with E-state index in [9.17, 15) is 17.6 Å². The van der Waals surface area contributed by atoms with Gasteiger partial charge in [0.05, 0.1) is 22.6 Å². The first kappa shape index (κ1) is 21.9. The number of fused-ring (bicyclic) bond motifs is 1. The molecule has 2 N–H and O–H groups in total. The molecule has 0 aliphatic rings. The van der Waals surface area contributed by atoms with Crippen LogP contribution in [0.2, 0.25) is 10.2 Å². The molecular weight excluding hydrogens is 482 g/mol. The molecule has 4 aromatic rings. The van der Waals surface area contributed by atoms with Crippen molar-refractivity contribution in [3.05, 3.63) is 64.8 Å². The molecule has 3 aromatic heterocycles. The molecule has 0 spiro atoms. The molecule has 0 atom stereocenters. The number of nitrogens with zero attached hydrogens (tertiary/aromatic N) is 4. The molecule has 0 aliphatic heterocycles. The van der Waals surface area contributed by atoms with Gasteiger partial charge >= 0.3 is 0 Å². The van der Waals surface area contributed by atoms with Crippen LogP contribution in [0.5, 0.6) is 0 Å². The van der Waals surface area contributed by atoms with Gasteiger partial charge in [-0.15, -0.1) is 0 Å². The Morgan fingerprint density at radius 3 is 2.66 bits per heavy atom. The number of carbonyl (C=O) groups is 1. The van der Waals surface area contributed by atoms with Crippen molar-refractivity contribution in [3.63, 3.8) is 0 Å². The van der Waals surface area contributed by atoms with Crippen LogP contribution in [0.1, 0.15) is 6.92 Å². The molecule has 0 saturated carbocycles. The normalized spacial score (nSPS) is 11.5. The zero-order valence-corrected chi connectivity index (χ0v) is 18.5. The first-order valence-corrected chi connectivity index (χ1v) is 11.1. The third-order valence-electron chi connectivity index (χ3n) is 4.19. The third-order valence-corrected chi connectivity index (χ3v) is 6.34. The Kier molecular flexibility index (Phi) is 5.71. The third kappa shape index (κ3) is 4.49. The standard InChI is InChI=1S/C19H13Cl2FN6O3S/c1-10(29)24-17-9-28-18(25-17)5-3-14(26-28)11-6-15(19(21)23-8-11)27-32(30,31)16-4-2-12(22)7-13(16)20/h2-9,27H,1H3,(H,24,29). The van der Waals surface area contributed by atoms with Crippen molar-refractivity contribution < 1.29 is 17.6 Å². The lowest BCUT2D eigenvalue weighted by molar-refractivity contribution is -0.114. The number of hydrogen-bond donors (Lipinski definition) is 2. The summed E-state index contributed by atoms with van der Waals surface area (Å²) in [5.74, 6) is -0.604. The molecule has 0 radical (unpaired) electrons. The summed E-state index contributed by atoms with van der Waals surface area (Å²) < 4.78 is 42.5. The van der Waals surface area contributed by atoms with Gasteiger partial charge in [-0.25, -0.2) is 27.3 Å². The van der Waals surface area contributed by atoms with E-state index in [-0.39, 0.29) is 26.7 Å². The van der Waals surface area contributed by atoms with E-state index in [1.165, 1.54) is 29.9 Å². The predicted molar refractivity (Wildman–Crippen MR) is 118 cm³/mol. The fraction of sp³-hybridized carbons (Fsp3) is 0.0526. The quantitative estimate of drug-likeness (QED) is 0.404. The van der Waals surface area contributed by atoms with E-state index in [1.807, 2.05) is 0 Å². The lowest BCUT2D eigenvalue weighted by atomic mass is 10.2. The highest BCUT2D eigenvalue weighted by Crippen LogP contribution is 2.30. The highest BCUT2D eigenvalue weighted by Gasteiger charge is 2.21. The zero-order valence-electron chi connectivity index (χ0n) is 16.2. The number of pyridine rings is 1. The molecule has 0 aliphatic carbocycles. The molecule has 3 heterocycles. The maximum Gasteiger partial charge on any atom is 0.263 e. The smallest absolute Gasteiger partial charge is 0.263 e. The molecular formula is C19H13Cl2FN6O3S. The number of halogens is 3. The van der Waals surface area contributed by atoms with E-state index in [0.29, 0.717) is 22.7 Å². The Hall–Kier alpha value is -3.28. The van der Waals surface area contributed by atoms with E-state index in [0.717, 1.165) is 18.2 Å². The van der Waals surface area contributed by atoms with E-state index in [4.69, 9.17) is 23.2 Å². The van der Waals surface area contributed by atoms with Gasteiger partial charge in [-0.2, -0.15) is 5.10 Å². The Morgan fingerprint density at radius 2 is 1.94 bits per heavy atom. The predicted octanol–water partition coefficient (Wildman–Crippen LogP) is 4.00. The van der Waals surface area contributed by atoms with E-state index in [1.54, 1.807) is 12.1 Å². The number of anilines is 2. The van der Waals surface area contributed by atoms with Gasteiger partial charge in [0.25, 0.3) is 10.0 Å². The largest absolute Gasteiger partial charge is 0.310 e. The molecule has 0 saturated heterocycles. The number of hydrogen-bond acceptors (Lipinski definition) is 6. The van der Waals surface area contributed by atoms with Gasteiger partial charge in [0.15, 0.2) is 16.6 Å². The number of benzene rings is 1. The van der Waals surface area contributed by atoms with Gasteiger partial charge in [-0.1, -0.05) is 23.2 Å². The summed E-state index contributed by atoms with van der Waals surface area (Å²) in [6.45, 7) is 1.37. The Bertz CT molecular complexity index is 1480. The van der Waals surface area contributed by atoms with Crippen molar-refractivity contribution in [2.24, 2.45) is 0 Å². The van der Waals surface area contributed by atoms with Crippen molar-refractivity contribution in [2.45, 2.75) is 11.8 Å². The van der Waals surface area contributed by atoms with Crippen LogP contribution >= 0.6 is 23.2 Å². The molecule has 4 rings (SSSR count). The van der Waals surface area contributed by atoms with Crippen molar-refractivity contribution in [1.29, 1.82) is 0 Å². The molecule has 32 heavy (non-hydrogen) atoms. The van der Waals surface area contributed by atoms with Crippen LogP contribution in [0.3, 0.4) is 0 Å². The summed E-state index contributed by atoms with van der Waals surface area (Å²) in [6.07, 6.45) is 2.95. The zero-order chi connectivity index (χ0) is 23.0. The van der Waals surface area contributed by atoms with Crippen molar-refractivity contribution in [3.8, 4) is 11.3 Å². The summed E-state index contributed by atoms with van der Waals surface area (Å²) >= 11 is 12.0. The first-order valence-electron chi connectivity index (χ1n) is 8.90. The molecule has 0 unspecified atom stereocenters. The topological polar surface area (TPSA) is 118 Å². The van der Waals surface area contributed by atoms with E-state index >= 15 is 0 Å². The molecule has 9 nitrogen and oxygen atoms in total. The van der Waals surface area contributed by atoms with Gasteiger partial charge < -0.3 is 5.32 Å². The van der Waals surface area contributed by atoms with Gasteiger partial charge in [0.2, 0.25) is 5.91 Å². The van der Waals surface area contributed by atoms with E-state index < -0.39 is 15.8 Å². The molecule has 0 bridgehead atoms. The van der Waals surface area contributed by atoms with Crippen LogP contribution in [0.4, 0.5) is 15.9 Å². The average molecular weight is 495 g/mol. The van der Waals surface area contributed by atoms with Crippen LogP contribution in [-0.4, -0.2) is 33.9 Å². The number of carbonyl (C=O) groups excluding carboxylic acids is 1. The Balaban J connectivity index is 1.69. The summed E-state index contributed by atoms with van der Waals surface area (Å²) in [7, 11) is -4.17. The minimum Gasteiger partial charge on any atom is -0.310 e. The summed E-state index contributed by atoms with van der Waals surface area (Å²) in [6, 6.07) is 7.70. The molecule has 164 valence electrons. The number of sulfonamides is 1. The SMILES string of the molecule is CC(=O)Nc1cn2nc(-c3cnc(Cl)c(NS(=O)(=O)c4ccc(F)cc4Cl)c3)ccc2n1. The van der Waals surface area contributed by atoms with Crippen molar-refractivity contribution in [2.75, 3.05) is 10.0 Å². The Morgan fingerprint density at radius 1 is 1.16 bits per heavy atom.